The number of carbonyl (C=O) groups is 1. The number of urea groups is 1. The minimum Gasteiger partial charge on any atom is -0.493 e. The average molecular weight is 468 g/mol. The second-order valence-corrected chi connectivity index (χ2v) is 7.37. The molecule has 9 heteroatoms. The molecule has 2 amide bonds. The third-order valence-corrected chi connectivity index (χ3v) is 4.86. The third-order valence-electron chi connectivity index (χ3n) is 4.86. The van der Waals surface area contributed by atoms with Gasteiger partial charge < -0.3 is 19.8 Å². The van der Waals surface area contributed by atoms with Gasteiger partial charge in [-0.25, -0.2) is 4.79 Å². The Hall–Kier alpha value is -4.27. The number of carbonyl (C=O) groups excluding carboxylic acids is 1. The number of alkyl halides is 3. The van der Waals surface area contributed by atoms with Crippen LogP contribution in [0.3, 0.4) is 0 Å². The number of fused-ring (bicyclic) bond motifs is 1. The third kappa shape index (κ3) is 5.74. The molecule has 0 fully saturated rings. The van der Waals surface area contributed by atoms with Gasteiger partial charge in [0.05, 0.1) is 12.0 Å². The molecule has 4 rings (SSSR count). The van der Waals surface area contributed by atoms with Gasteiger partial charge in [0.25, 0.3) is 0 Å². The minimum absolute atomic E-state index is 0.0837. The monoisotopic (exact) mass is 468 g/mol. The predicted molar refractivity (Wildman–Crippen MR) is 122 cm³/mol. The summed E-state index contributed by atoms with van der Waals surface area (Å²) in [5.74, 6) is -0.799. The summed E-state index contributed by atoms with van der Waals surface area (Å²) in [6.07, 6.45) is -4.04. The second-order valence-electron chi connectivity index (χ2n) is 7.37. The predicted octanol–water partition coefficient (Wildman–Crippen LogP) is 6.08. The first-order valence-corrected chi connectivity index (χ1v) is 10.3. The lowest BCUT2D eigenvalue weighted by molar-refractivity contribution is -0.152. The number of nitrogens with one attached hydrogen (secondary N) is 2. The van der Waals surface area contributed by atoms with E-state index in [0.29, 0.717) is 24.1 Å². The van der Waals surface area contributed by atoms with Crippen LogP contribution in [-0.2, 0) is 12.6 Å². The Kier molecular flexibility index (Phi) is 6.53. The van der Waals surface area contributed by atoms with Crippen molar-refractivity contribution in [1.29, 1.82) is 0 Å². The molecule has 0 saturated heterocycles. The summed E-state index contributed by atoms with van der Waals surface area (Å²) in [6, 6.07) is 20.3. The maximum absolute atomic E-state index is 12.8. The molecular weight excluding hydrogens is 449 g/mol. The van der Waals surface area contributed by atoms with E-state index in [0.717, 1.165) is 12.0 Å². The number of amides is 2. The van der Waals surface area contributed by atoms with Crippen molar-refractivity contribution in [3.05, 3.63) is 100 Å². The lowest BCUT2D eigenvalue weighted by Crippen LogP contribution is -2.19. The molecule has 0 saturated carbocycles. The van der Waals surface area contributed by atoms with Crippen LogP contribution in [0.2, 0.25) is 0 Å². The van der Waals surface area contributed by atoms with Crippen molar-refractivity contribution >= 4 is 28.4 Å². The Morgan fingerprint density at radius 1 is 0.882 bits per heavy atom. The van der Waals surface area contributed by atoms with Crippen LogP contribution >= 0.6 is 0 Å². The van der Waals surface area contributed by atoms with E-state index in [-0.39, 0.29) is 16.7 Å². The molecule has 34 heavy (non-hydrogen) atoms. The normalized spacial score (nSPS) is 11.3. The molecule has 0 aliphatic carbocycles. The van der Waals surface area contributed by atoms with E-state index in [4.69, 9.17) is 9.15 Å². The number of hydrogen-bond donors (Lipinski definition) is 2. The number of ether oxygens (including phenoxy) is 1. The molecular formula is C25H19F3N2O4. The summed E-state index contributed by atoms with van der Waals surface area (Å²) >= 11 is 0. The first kappa shape index (κ1) is 22.9. The van der Waals surface area contributed by atoms with Gasteiger partial charge in [0, 0.05) is 29.9 Å². The highest BCUT2D eigenvalue weighted by Crippen LogP contribution is 2.30. The highest BCUT2D eigenvalue weighted by molar-refractivity contribution is 6.00. The van der Waals surface area contributed by atoms with Crippen molar-refractivity contribution in [3.63, 3.8) is 0 Å². The van der Waals surface area contributed by atoms with E-state index in [1.807, 2.05) is 30.3 Å². The van der Waals surface area contributed by atoms with Gasteiger partial charge in [-0.2, -0.15) is 13.2 Å². The minimum atomic E-state index is -4.77. The number of anilines is 2. The van der Waals surface area contributed by atoms with Crippen molar-refractivity contribution in [2.45, 2.75) is 12.6 Å². The fraction of sp³-hybridized carbons (Fsp3) is 0.120. The molecule has 0 bridgehead atoms. The molecule has 0 spiro atoms. The van der Waals surface area contributed by atoms with E-state index in [1.54, 1.807) is 24.3 Å². The fourth-order valence-corrected chi connectivity index (χ4v) is 3.26. The summed E-state index contributed by atoms with van der Waals surface area (Å²) in [7, 11) is 0. The van der Waals surface area contributed by atoms with E-state index in [9.17, 15) is 22.8 Å². The molecule has 0 aliphatic heterocycles. The number of halogens is 3. The molecule has 0 aliphatic rings. The van der Waals surface area contributed by atoms with Crippen LogP contribution in [0, 0.1) is 0 Å². The summed E-state index contributed by atoms with van der Waals surface area (Å²) in [6.45, 7) is 0.468. The van der Waals surface area contributed by atoms with Gasteiger partial charge in [0.2, 0.25) is 5.76 Å². The van der Waals surface area contributed by atoms with Crippen LogP contribution in [0.15, 0.2) is 88.1 Å². The number of benzene rings is 3. The van der Waals surface area contributed by atoms with Gasteiger partial charge in [0.15, 0.2) is 5.43 Å². The highest BCUT2D eigenvalue weighted by atomic mass is 19.4. The first-order chi connectivity index (χ1) is 16.3. The first-order valence-electron chi connectivity index (χ1n) is 10.3. The van der Waals surface area contributed by atoms with Crippen molar-refractivity contribution in [2.75, 3.05) is 17.2 Å². The molecule has 0 radical (unpaired) electrons. The van der Waals surface area contributed by atoms with E-state index >= 15 is 0 Å². The summed E-state index contributed by atoms with van der Waals surface area (Å²) < 4.78 is 49.0. The Morgan fingerprint density at radius 2 is 1.62 bits per heavy atom. The maximum Gasteiger partial charge on any atom is 0.449 e. The molecule has 3 aromatic carbocycles. The van der Waals surface area contributed by atoms with Crippen molar-refractivity contribution in [1.82, 2.24) is 0 Å². The lowest BCUT2D eigenvalue weighted by atomic mass is 10.2. The van der Waals surface area contributed by atoms with Crippen LogP contribution < -0.4 is 20.8 Å². The van der Waals surface area contributed by atoms with Crippen LogP contribution in [0.25, 0.3) is 11.0 Å². The van der Waals surface area contributed by atoms with E-state index in [2.05, 4.69) is 10.6 Å². The van der Waals surface area contributed by atoms with Gasteiger partial charge in [-0.3, -0.25) is 4.79 Å². The van der Waals surface area contributed by atoms with Crippen molar-refractivity contribution in [2.24, 2.45) is 0 Å². The van der Waals surface area contributed by atoms with Gasteiger partial charge in [0.1, 0.15) is 11.3 Å². The smallest absolute Gasteiger partial charge is 0.449 e. The Morgan fingerprint density at radius 3 is 2.35 bits per heavy atom. The van der Waals surface area contributed by atoms with Crippen LogP contribution in [0.1, 0.15) is 11.3 Å². The molecule has 2 N–H and O–H groups in total. The Labute approximate surface area is 192 Å². The SMILES string of the molecule is O=C(Nc1cccc(OCCc2ccccc2)c1)Nc1ccc2oc(C(F)(F)F)cc(=O)c2c1. The highest BCUT2D eigenvalue weighted by Gasteiger charge is 2.34. The van der Waals surface area contributed by atoms with E-state index < -0.39 is 23.4 Å². The Balaban J connectivity index is 1.39. The van der Waals surface area contributed by atoms with Crippen LogP contribution in [0.4, 0.5) is 29.3 Å². The van der Waals surface area contributed by atoms with Crippen LogP contribution in [0.5, 0.6) is 5.75 Å². The van der Waals surface area contributed by atoms with E-state index in [1.165, 1.54) is 18.2 Å². The van der Waals surface area contributed by atoms with Gasteiger partial charge in [-0.15, -0.1) is 0 Å². The quantitative estimate of drug-likeness (QED) is 0.360. The molecule has 6 nitrogen and oxygen atoms in total. The van der Waals surface area contributed by atoms with Crippen molar-refractivity contribution < 1.29 is 27.1 Å². The summed E-state index contributed by atoms with van der Waals surface area (Å²) in [5, 5.41) is 5.11. The summed E-state index contributed by atoms with van der Waals surface area (Å²) in [5.41, 5.74) is 0.747. The molecule has 1 heterocycles. The molecule has 0 atom stereocenters. The zero-order valence-electron chi connectivity index (χ0n) is 17.7. The lowest BCUT2D eigenvalue weighted by Gasteiger charge is -2.11. The second kappa shape index (κ2) is 9.70. The fourth-order valence-electron chi connectivity index (χ4n) is 3.26. The van der Waals surface area contributed by atoms with Gasteiger partial charge >= 0.3 is 12.2 Å². The zero-order chi connectivity index (χ0) is 24.1. The van der Waals surface area contributed by atoms with Crippen LogP contribution in [-0.4, -0.2) is 12.6 Å². The molecule has 0 unspecified atom stereocenters. The zero-order valence-corrected chi connectivity index (χ0v) is 17.7. The summed E-state index contributed by atoms with van der Waals surface area (Å²) in [4.78, 5) is 24.5. The van der Waals surface area contributed by atoms with Gasteiger partial charge in [-0.05, 0) is 35.9 Å². The Bertz CT molecular complexity index is 1370. The molecule has 4 aromatic rings. The number of hydrogen-bond acceptors (Lipinski definition) is 4. The maximum atomic E-state index is 12.8. The number of rotatable bonds is 6. The standard InChI is InChI=1S/C25H19F3N2O4/c26-25(27,28)23-15-21(31)20-14-18(9-10-22(20)34-23)30-24(32)29-17-7-4-8-19(13-17)33-12-11-16-5-2-1-3-6-16/h1-10,13-15H,11-12H2,(H2,29,30,32). The molecule has 174 valence electrons. The van der Waals surface area contributed by atoms with Crippen molar-refractivity contribution in [3.8, 4) is 5.75 Å². The topological polar surface area (TPSA) is 80.6 Å². The largest absolute Gasteiger partial charge is 0.493 e. The molecule has 1 aromatic heterocycles. The average Bonchev–Trinajstić information content (AvgIpc) is 2.80. The van der Waals surface area contributed by atoms with Gasteiger partial charge in [-0.1, -0.05) is 36.4 Å².